The lowest BCUT2D eigenvalue weighted by Gasteiger charge is -2.07. The van der Waals surface area contributed by atoms with Crippen LogP contribution in [0, 0.1) is 7.40 Å². The Morgan fingerprint density at radius 3 is 2.19 bits per heavy atom. The Hall–Kier alpha value is -2.87. The molecule has 10 heteroatoms. The van der Waals surface area contributed by atoms with Crippen molar-refractivity contribution >= 4 is 84.4 Å². The van der Waals surface area contributed by atoms with Crippen molar-refractivity contribution in [3.05, 3.63) is 79.7 Å². The van der Waals surface area contributed by atoms with Gasteiger partial charge in [0.1, 0.15) is 7.40 Å². The normalized spacial score (nSPS) is 10.6. The monoisotopic (exact) mass is 651 g/mol. The van der Waals surface area contributed by atoms with Gasteiger partial charge in [-0.15, -0.1) is 0 Å². The number of carbonyl (C=O) groups is 1. The first-order valence-corrected chi connectivity index (χ1v) is 11.8. The molecule has 8 nitrogen and oxygen atoms in total. The molecule has 0 bridgehead atoms. The Morgan fingerprint density at radius 1 is 0.875 bits per heavy atom. The van der Waals surface area contributed by atoms with Crippen LogP contribution in [-0.2, 0) is 6.54 Å². The second kappa shape index (κ2) is 10.2. The van der Waals surface area contributed by atoms with E-state index in [9.17, 15) is 4.79 Å². The van der Waals surface area contributed by atoms with E-state index >= 15 is 0 Å². The molecule has 2 heterocycles. The topological polar surface area (TPSA) is 125 Å². The molecule has 0 atom stereocenters. The molecule has 0 unspecified atom stereocenters. The summed E-state index contributed by atoms with van der Waals surface area (Å²) in [6.07, 6.45) is 0. The number of hydrogen-bond donors (Lipinski definition) is 5. The molecule has 6 N–H and O–H groups in total. The number of benzene rings is 3. The van der Waals surface area contributed by atoms with Gasteiger partial charge in [-0.2, -0.15) is 10.2 Å². The first-order valence-electron chi connectivity index (χ1n) is 9.61. The maximum absolute atomic E-state index is 11.9. The standard InChI is InChI=1S/C15H13IN4O.C7H6IN3/c16-14-12-8-11(6-7-13(12)19-20-14)18-15(21)17-9-10-4-2-1-3-5-10;8-7-5-3-4(9)1-2-6(5)10-11-7/h1-8H,9H2,(H,19,20)(H2,17,18,21);1-3H,9H2,(H,10,11). The number of amides is 2. The Labute approximate surface area is 211 Å². The van der Waals surface area contributed by atoms with Gasteiger partial charge >= 0.3 is 6.03 Å². The van der Waals surface area contributed by atoms with Crippen LogP contribution in [0.15, 0.2) is 66.7 Å². The molecule has 162 valence electrons. The molecular weight excluding hydrogens is 632 g/mol. The highest BCUT2D eigenvalue weighted by atomic mass is 127. The van der Waals surface area contributed by atoms with E-state index in [1.54, 1.807) is 0 Å². The predicted molar refractivity (Wildman–Crippen MR) is 144 cm³/mol. The Morgan fingerprint density at radius 2 is 1.50 bits per heavy atom. The summed E-state index contributed by atoms with van der Waals surface area (Å²) in [5.74, 6) is 0. The zero-order valence-corrected chi connectivity index (χ0v) is 21.0. The van der Waals surface area contributed by atoms with E-state index in [2.05, 4.69) is 76.2 Å². The number of carbonyl (C=O) groups excluding carboxylic acids is 1. The highest BCUT2D eigenvalue weighted by Crippen LogP contribution is 2.22. The van der Waals surface area contributed by atoms with E-state index in [4.69, 9.17) is 5.73 Å². The summed E-state index contributed by atoms with van der Waals surface area (Å²) in [5, 5.41) is 21.8. The molecule has 32 heavy (non-hydrogen) atoms. The summed E-state index contributed by atoms with van der Waals surface area (Å²) in [6.45, 7) is 0.498. The Bertz CT molecular complexity index is 1370. The molecule has 2 amide bonds. The van der Waals surface area contributed by atoms with Crippen LogP contribution in [0.2, 0.25) is 0 Å². The minimum atomic E-state index is -0.225. The van der Waals surface area contributed by atoms with Crippen LogP contribution in [0.25, 0.3) is 21.8 Å². The number of fused-ring (bicyclic) bond motifs is 2. The van der Waals surface area contributed by atoms with Gasteiger partial charge in [0.25, 0.3) is 0 Å². The van der Waals surface area contributed by atoms with E-state index in [0.717, 1.165) is 46.1 Å². The lowest BCUT2D eigenvalue weighted by Crippen LogP contribution is -2.28. The summed E-state index contributed by atoms with van der Waals surface area (Å²) in [6, 6.07) is 20.9. The molecular formula is C22H19I2N7O. The van der Waals surface area contributed by atoms with Crippen LogP contribution >= 0.6 is 45.2 Å². The summed E-state index contributed by atoms with van der Waals surface area (Å²) in [5.41, 5.74) is 10.0. The number of nitrogens with two attached hydrogens (primary N) is 1. The van der Waals surface area contributed by atoms with Gasteiger partial charge in [0.05, 0.1) is 11.0 Å². The first kappa shape index (κ1) is 22.3. The van der Waals surface area contributed by atoms with E-state index < -0.39 is 0 Å². The van der Waals surface area contributed by atoms with Crippen molar-refractivity contribution in [3.63, 3.8) is 0 Å². The van der Waals surface area contributed by atoms with E-state index in [1.807, 2.05) is 66.7 Å². The van der Waals surface area contributed by atoms with Gasteiger partial charge in [-0.05, 0) is 87.1 Å². The van der Waals surface area contributed by atoms with Gasteiger partial charge in [0, 0.05) is 28.7 Å². The van der Waals surface area contributed by atoms with Crippen LogP contribution in [0.3, 0.4) is 0 Å². The maximum atomic E-state index is 11.9. The summed E-state index contributed by atoms with van der Waals surface area (Å²) in [4.78, 5) is 11.9. The zero-order chi connectivity index (χ0) is 22.5. The summed E-state index contributed by atoms with van der Waals surface area (Å²) in [7, 11) is 0. The number of urea groups is 1. The molecule has 0 aliphatic heterocycles. The number of rotatable bonds is 3. The van der Waals surface area contributed by atoms with Gasteiger partial charge in [0.15, 0.2) is 0 Å². The quantitative estimate of drug-likeness (QED) is 0.135. The van der Waals surface area contributed by atoms with Gasteiger partial charge in [-0.25, -0.2) is 4.79 Å². The average molecular weight is 651 g/mol. The fourth-order valence-electron chi connectivity index (χ4n) is 3.01. The third kappa shape index (κ3) is 5.48. The SMILES string of the molecule is Nc1ccc2n[nH]c(I)c2c1.O=C(NCc1ccccc1)Nc1ccc2n[nH]c(I)c2c1. The number of nitrogens with one attached hydrogen (secondary N) is 4. The molecule has 0 radical (unpaired) electrons. The highest BCUT2D eigenvalue weighted by molar-refractivity contribution is 14.1. The van der Waals surface area contributed by atoms with E-state index in [0.29, 0.717) is 6.54 Å². The number of aromatic amines is 2. The first-order chi connectivity index (χ1) is 15.5. The molecule has 0 fully saturated rings. The van der Waals surface area contributed by atoms with E-state index in [-0.39, 0.29) is 6.03 Å². The van der Waals surface area contributed by atoms with Crippen molar-refractivity contribution < 1.29 is 4.79 Å². The number of nitrogen functional groups attached to an aromatic ring is 1. The van der Waals surface area contributed by atoms with Crippen molar-refractivity contribution in [2.24, 2.45) is 0 Å². The van der Waals surface area contributed by atoms with Gasteiger partial charge in [-0.1, -0.05) is 30.3 Å². The lowest BCUT2D eigenvalue weighted by atomic mass is 10.2. The van der Waals surface area contributed by atoms with Gasteiger partial charge in [-0.3, -0.25) is 10.2 Å². The van der Waals surface area contributed by atoms with Crippen LogP contribution in [0.4, 0.5) is 16.2 Å². The molecule has 0 aliphatic carbocycles. The van der Waals surface area contributed by atoms with Crippen molar-refractivity contribution in [3.8, 4) is 0 Å². The summed E-state index contributed by atoms with van der Waals surface area (Å²) < 4.78 is 1.99. The molecule has 2 aromatic heterocycles. The second-order valence-electron chi connectivity index (χ2n) is 6.88. The minimum absolute atomic E-state index is 0.225. The number of aromatic nitrogens is 4. The highest BCUT2D eigenvalue weighted by Gasteiger charge is 2.06. The third-order valence-corrected chi connectivity index (χ3v) is 6.24. The second-order valence-corrected chi connectivity index (χ2v) is 9.03. The van der Waals surface area contributed by atoms with Crippen LogP contribution in [-0.4, -0.2) is 26.4 Å². The minimum Gasteiger partial charge on any atom is -0.399 e. The van der Waals surface area contributed by atoms with E-state index in [1.165, 1.54) is 0 Å². The van der Waals surface area contributed by atoms with Crippen molar-refractivity contribution in [1.82, 2.24) is 25.7 Å². The number of hydrogen-bond acceptors (Lipinski definition) is 4. The molecule has 0 aliphatic rings. The van der Waals surface area contributed by atoms with Crippen molar-refractivity contribution in [2.45, 2.75) is 6.54 Å². The fraction of sp³-hybridized carbons (Fsp3) is 0.0455. The largest absolute Gasteiger partial charge is 0.399 e. The molecule has 0 saturated carbocycles. The molecule has 0 spiro atoms. The Balaban J connectivity index is 0.000000186. The number of anilines is 2. The van der Waals surface area contributed by atoms with Crippen LogP contribution in [0.5, 0.6) is 0 Å². The molecule has 5 aromatic rings. The number of nitrogens with zero attached hydrogens (tertiary/aromatic N) is 2. The third-order valence-electron chi connectivity index (χ3n) is 4.59. The fourth-order valence-corrected chi connectivity index (χ4v) is 4.11. The number of H-pyrrole nitrogens is 2. The van der Waals surface area contributed by atoms with Crippen LogP contribution < -0.4 is 16.4 Å². The van der Waals surface area contributed by atoms with Crippen LogP contribution in [0.1, 0.15) is 5.56 Å². The smallest absolute Gasteiger partial charge is 0.319 e. The molecule has 5 rings (SSSR count). The lowest BCUT2D eigenvalue weighted by molar-refractivity contribution is 0.251. The summed E-state index contributed by atoms with van der Waals surface area (Å²) >= 11 is 4.38. The van der Waals surface area contributed by atoms with Gasteiger partial charge in [0.2, 0.25) is 0 Å². The van der Waals surface area contributed by atoms with Gasteiger partial charge < -0.3 is 16.4 Å². The van der Waals surface area contributed by atoms with Crippen molar-refractivity contribution in [2.75, 3.05) is 11.1 Å². The predicted octanol–water partition coefficient (Wildman–Crippen LogP) is 5.24. The zero-order valence-electron chi connectivity index (χ0n) is 16.7. The maximum Gasteiger partial charge on any atom is 0.319 e. The number of halogens is 2. The molecule has 0 saturated heterocycles. The Kier molecular flexibility index (Phi) is 7.09. The average Bonchev–Trinajstić information content (AvgIpc) is 3.36. The van der Waals surface area contributed by atoms with Crippen molar-refractivity contribution in [1.29, 1.82) is 0 Å². The molecule has 3 aromatic carbocycles.